The highest BCUT2D eigenvalue weighted by molar-refractivity contribution is 5.83. The van der Waals surface area contributed by atoms with Crippen LogP contribution in [0.5, 0.6) is 5.75 Å². The van der Waals surface area contributed by atoms with Crippen molar-refractivity contribution in [3.05, 3.63) is 39.9 Å². The summed E-state index contributed by atoms with van der Waals surface area (Å²) in [6.07, 6.45) is -4.93. The Bertz CT molecular complexity index is 645. The van der Waals surface area contributed by atoms with Crippen molar-refractivity contribution >= 4 is 10.9 Å². The molecule has 2 aromatic rings. The predicted molar refractivity (Wildman–Crippen MR) is 51.2 cm³/mol. The van der Waals surface area contributed by atoms with Crippen LogP contribution in [0, 0.1) is 5.82 Å². The highest BCUT2D eigenvalue weighted by atomic mass is 19.4. The zero-order chi connectivity index (χ0) is 12.8. The van der Waals surface area contributed by atoms with Gasteiger partial charge >= 0.3 is 6.18 Å². The van der Waals surface area contributed by atoms with Crippen molar-refractivity contribution in [3.63, 3.8) is 0 Å². The number of H-pyrrole nitrogens is 1. The minimum absolute atomic E-state index is 0.101. The number of benzene rings is 1. The maximum absolute atomic E-state index is 13.1. The maximum Gasteiger partial charge on any atom is 0.421 e. The molecule has 1 aromatic carbocycles. The van der Waals surface area contributed by atoms with Crippen LogP contribution in [0.25, 0.3) is 10.9 Å². The number of fused-ring (bicyclic) bond motifs is 1. The van der Waals surface area contributed by atoms with Crippen LogP contribution in [0.4, 0.5) is 17.6 Å². The second-order valence-electron chi connectivity index (χ2n) is 3.37. The molecule has 0 amide bonds. The van der Waals surface area contributed by atoms with E-state index in [1.54, 1.807) is 0 Å². The van der Waals surface area contributed by atoms with E-state index >= 15 is 0 Å². The van der Waals surface area contributed by atoms with E-state index in [4.69, 9.17) is 5.11 Å². The number of aromatic hydroxyl groups is 1. The first-order valence-corrected chi connectivity index (χ1v) is 4.42. The molecular weight excluding hydrogens is 242 g/mol. The second-order valence-corrected chi connectivity index (χ2v) is 3.37. The molecule has 90 valence electrons. The third-order valence-electron chi connectivity index (χ3n) is 2.23. The molecule has 2 N–H and O–H groups in total. The number of hydrogen-bond acceptors (Lipinski definition) is 2. The Morgan fingerprint density at radius 3 is 2.47 bits per heavy atom. The molecule has 0 aliphatic rings. The largest absolute Gasteiger partial charge is 0.503 e. The van der Waals surface area contributed by atoms with Crippen molar-refractivity contribution in [1.29, 1.82) is 0 Å². The molecule has 0 aliphatic heterocycles. The molecule has 0 saturated carbocycles. The Morgan fingerprint density at radius 1 is 1.24 bits per heavy atom. The van der Waals surface area contributed by atoms with Gasteiger partial charge in [0.05, 0.1) is 5.52 Å². The van der Waals surface area contributed by atoms with Crippen LogP contribution in [0.1, 0.15) is 5.56 Å². The van der Waals surface area contributed by atoms with Gasteiger partial charge in [0.25, 0.3) is 5.56 Å². The summed E-state index contributed by atoms with van der Waals surface area (Å²) in [5.41, 5.74) is -3.33. The summed E-state index contributed by atoms with van der Waals surface area (Å²) in [7, 11) is 0. The fraction of sp³-hybridized carbons (Fsp3) is 0.100. The van der Waals surface area contributed by atoms with E-state index in [1.807, 2.05) is 4.98 Å². The SMILES string of the molecule is O=c1[nH]c2c(C(F)(F)F)c(F)ccc2cc1O. The molecule has 1 aromatic heterocycles. The van der Waals surface area contributed by atoms with E-state index in [9.17, 15) is 22.4 Å². The van der Waals surface area contributed by atoms with Gasteiger partial charge in [0.1, 0.15) is 11.4 Å². The van der Waals surface area contributed by atoms with Gasteiger partial charge < -0.3 is 10.1 Å². The van der Waals surface area contributed by atoms with Gasteiger partial charge in [-0.05, 0) is 18.2 Å². The molecule has 0 radical (unpaired) electrons. The molecule has 2 rings (SSSR count). The lowest BCUT2D eigenvalue weighted by molar-refractivity contribution is -0.138. The van der Waals surface area contributed by atoms with Crippen LogP contribution >= 0.6 is 0 Å². The summed E-state index contributed by atoms with van der Waals surface area (Å²) in [5.74, 6) is -2.21. The van der Waals surface area contributed by atoms with Gasteiger partial charge in [-0.15, -0.1) is 0 Å². The van der Waals surface area contributed by atoms with E-state index in [-0.39, 0.29) is 5.39 Å². The molecule has 17 heavy (non-hydrogen) atoms. The molecule has 0 bridgehead atoms. The van der Waals surface area contributed by atoms with Crippen LogP contribution in [0.3, 0.4) is 0 Å². The van der Waals surface area contributed by atoms with Gasteiger partial charge in [-0.2, -0.15) is 13.2 Å². The van der Waals surface area contributed by atoms with Crippen molar-refractivity contribution in [2.24, 2.45) is 0 Å². The average Bonchev–Trinajstić information content (AvgIpc) is 2.18. The topological polar surface area (TPSA) is 53.1 Å². The van der Waals surface area contributed by atoms with Crippen molar-refractivity contribution in [1.82, 2.24) is 4.98 Å². The Hall–Kier alpha value is -2.05. The van der Waals surface area contributed by atoms with Crippen LogP contribution in [-0.2, 0) is 6.18 Å². The summed E-state index contributed by atoms with van der Waals surface area (Å²) < 4.78 is 50.9. The number of nitrogens with one attached hydrogen (secondary N) is 1. The van der Waals surface area contributed by atoms with Gasteiger partial charge in [-0.25, -0.2) is 4.39 Å². The monoisotopic (exact) mass is 247 g/mol. The molecule has 0 aliphatic carbocycles. The first kappa shape index (κ1) is 11.4. The number of rotatable bonds is 0. The van der Waals surface area contributed by atoms with E-state index in [0.29, 0.717) is 6.07 Å². The first-order chi connectivity index (χ1) is 7.80. The first-order valence-electron chi connectivity index (χ1n) is 4.42. The normalized spacial score (nSPS) is 12.0. The molecular formula is C10H5F4NO2. The molecule has 7 heteroatoms. The van der Waals surface area contributed by atoms with Gasteiger partial charge in [0.2, 0.25) is 0 Å². The van der Waals surface area contributed by atoms with Crippen LogP contribution in [0.15, 0.2) is 23.0 Å². The minimum atomic E-state index is -4.93. The second kappa shape index (κ2) is 3.47. The van der Waals surface area contributed by atoms with E-state index in [2.05, 4.69) is 0 Å². The van der Waals surface area contributed by atoms with Crippen molar-refractivity contribution < 1.29 is 22.7 Å². The number of aromatic amines is 1. The zero-order valence-corrected chi connectivity index (χ0v) is 8.10. The average molecular weight is 247 g/mol. The lowest BCUT2D eigenvalue weighted by Gasteiger charge is -2.11. The number of alkyl halides is 3. The van der Waals surface area contributed by atoms with Crippen LogP contribution < -0.4 is 5.56 Å². The Balaban J connectivity index is 2.95. The fourth-order valence-corrected chi connectivity index (χ4v) is 1.52. The molecule has 0 saturated heterocycles. The highest BCUT2D eigenvalue weighted by Crippen LogP contribution is 2.35. The lowest BCUT2D eigenvalue weighted by atomic mass is 10.1. The fourth-order valence-electron chi connectivity index (χ4n) is 1.52. The molecule has 0 spiro atoms. The van der Waals surface area contributed by atoms with E-state index in [0.717, 1.165) is 12.1 Å². The van der Waals surface area contributed by atoms with E-state index in [1.165, 1.54) is 0 Å². The number of aromatic nitrogens is 1. The highest BCUT2D eigenvalue weighted by Gasteiger charge is 2.36. The maximum atomic E-state index is 13.1. The molecule has 0 atom stereocenters. The Kier molecular flexibility index (Phi) is 2.34. The zero-order valence-electron chi connectivity index (χ0n) is 8.10. The Labute approximate surface area is 91.3 Å². The van der Waals surface area contributed by atoms with Gasteiger partial charge in [0.15, 0.2) is 5.75 Å². The standard InChI is InChI=1S/C10H5F4NO2/c11-5-2-1-4-3-6(16)9(17)15-8(4)7(5)10(12,13)14/h1-3,16H,(H,15,17). The van der Waals surface area contributed by atoms with Crippen LogP contribution in [-0.4, -0.2) is 10.1 Å². The van der Waals surface area contributed by atoms with Gasteiger partial charge in [-0.1, -0.05) is 0 Å². The quantitative estimate of drug-likeness (QED) is 0.702. The van der Waals surface area contributed by atoms with E-state index < -0.39 is 34.4 Å². The summed E-state index contributed by atoms with van der Waals surface area (Å²) in [4.78, 5) is 12.8. The van der Waals surface area contributed by atoms with Crippen molar-refractivity contribution in [2.75, 3.05) is 0 Å². The number of hydrogen-bond donors (Lipinski definition) is 2. The smallest absolute Gasteiger partial charge is 0.421 e. The summed E-state index contributed by atoms with van der Waals surface area (Å²) in [6, 6.07) is 2.52. The third kappa shape index (κ3) is 1.83. The summed E-state index contributed by atoms with van der Waals surface area (Å²) in [5, 5.41) is 8.96. The van der Waals surface area contributed by atoms with Gasteiger partial charge in [-0.3, -0.25) is 4.79 Å². The van der Waals surface area contributed by atoms with Gasteiger partial charge in [0, 0.05) is 5.39 Å². The predicted octanol–water partition coefficient (Wildman–Crippen LogP) is 2.39. The molecule has 0 fully saturated rings. The minimum Gasteiger partial charge on any atom is -0.503 e. The molecule has 1 heterocycles. The van der Waals surface area contributed by atoms with Crippen molar-refractivity contribution in [2.45, 2.75) is 6.18 Å². The molecule has 0 unspecified atom stereocenters. The lowest BCUT2D eigenvalue weighted by Crippen LogP contribution is -2.13. The Morgan fingerprint density at radius 2 is 1.88 bits per heavy atom. The van der Waals surface area contributed by atoms with Crippen LogP contribution in [0.2, 0.25) is 0 Å². The number of halogens is 4. The number of pyridine rings is 1. The summed E-state index contributed by atoms with van der Waals surface area (Å²) in [6.45, 7) is 0. The summed E-state index contributed by atoms with van der Waals surface area (Å²) >= 11 is 0. The molecule has 3 nitrogen and oxygen atoms in total. The van der Waals surface area contributed by atoms with Crippen molar-refractivity contribution in [3.8, 4) is 5.75 Å². The third-order valence-corrected chi connectivity index (χ3v) is 2.23.